The molecule has 0 saturated carbocycles. The lowest BCUT2D eigenvalue weighted by atomic mass is 10.2. The number of hydrogen-bond acceptors (Lipinski definition) is 2. The van der Waals surface area contributed by atoms with Gasteiger partial charge in [0.05, 0.1) is 6.61 Å². The largest absolute Gasteiger partial charge is 0.383 e. The van der Waals surface area contributed by atoms with Gasteiger partial charge >= 0.3 is 0 Å². The predicted octanol–water partition coefficient (Wildman–Crippen LogP) is 2.00. The van der Waals surface area contributed by atoms with E-state index in [-0.39, 0.29) is 0 Å². The maximum atomic E-state index is 5.22. The summed E-state index contributed by atoms with van der Waals surface area (Å²) >= 11 is 0. The minimum atomic E-state index is 0.706. The molecule has 0 amide bonds. The molecule has 0 saturated heterocycles. The third-order valence-corrected chi connectivity index (χ3v) is 2.03. The summed E-state index contributed by atoms with van der Waals surface area (Å²) in [5.74, 6) is 3.38. The van der Waals surface area contributed by atoms with Crippen LogP contribution in [-0.2, 0) is 4.74 Å². The van der Waals surface area contributed by atoms with Gasteiger partial charge < -0.3 is 9.64 Å². The zero-order chi connectivity index (χ0) is 10.8. The second-order valence-corrected chi connectivity index (χ2v) is 3.99. The Hall–Kier alpha value is -0.520. The van der Waals surface area contributed by atoms with E-state index in [1.807, 2.05) is 0 Å². The molecule has 2 nitrogen and oxygen atoms in total. The lowest BCUT2D eigenvalue weighted by molar-refractivity contribution is 0.139. The zero-order valence-electron chi connectivity index (χ0n) is 9.75. The zero-order valence-corrected chi connectivity index (χ0v) is 9.75. The van der Waals surface area contributed by atoms with Crippen LogP contribution in [0, 0.1) is 18.3 Å². The molecule has 0 spiro atoms. The highest BCUT2D eigenvalue weighted by molar-refractivity contribution is 4.83. The number of nitrogens with zero attached hydrogens (tertiary/aromatic N) is 1. The molecule has 0 bridgehead atoms. The van der Waals surface area contributed by atoms with Crippen molar-refractivity contribution in [3.05, 3.63) is 0 Å². The fourth-order valence-electron chi connectivity index (χ4n) is 1.44. The van der Waals surface area contributed by atoms with Crippen LogP contribution in [0.5, 0.6) is 0 Å². The highest BCUT2D eigenvalue weighted by Crippen LogP contribution is 2.01. The van der Waals surface area contributed by atoms with Gasteiger partial charge in [-0.2, -0.15) is 0 Å². The Morgan fingerprint density at radius 3 is 2.57 bits per heavy atom. The van der Waals surface area contributed by atoms with Crippen molar-refractivity contribution in [3.8, 4) is 12.3 Å². The molecule has 0 rings (SSSR count). The predicted molar refractivity (Wildman–Crippen MR) is 61.2 cm³/mol. The van der Waals surface area contributed by atoms with E-state index in [0.717, 1.165) is 39.1 Å². The van der Waals surface area contributed by atoms with Crippen LogP contribution in [0.15, 0.2) is 0 Å². The lowest BCUT2D eigenvalue weighted by Crippen LogP contribution is -2.31. The maximum absolute atomic E-state index is 5.22. The number of terminal acetylenes is 1. The van der Waals surface area contributed by atoms with E-state index in [0.29, 0.717) is 5.92 Å². The smallest absolute Gasteiger partial charge is 0.0589 e. The van der Waals surface area contributed by atoms with Gasteiger partial charge in [0.1, 0.15) is 0 Å². The molecule has 0 aromatic carbocycles. The van der Waals surface area contributed by atoms with Gasteiger partial charge in [-0.05, 0) is 18.9 Å². The highest BCUT2D eigenvalue weighted by Gasteiger charge is 2.05. The van der Waals surface area contributed by atoms with Gasteiger partial charge in [0.2, 0.25) is 0 Å². The Labute approximate surface area is 88.6 Å². The number of unbranched alkanes of at least 4 members (excludes halogenated alkanes) is 1. The van der Waals surface area contributed by atoms with Gasteiger partial charge in [0, 0.05) is 26.6 Å². The van der Waals surface area contributed by atoms with E-state index in [1.54, 1.807) is 7.11 Å². The van der Waals surface area contributed by atoms with E-state index in [9.17, 15) is 0 Å². The van der Waals surface area contributed by atoms with Crippen LogP contribution < -0.4 is 0 Å². The van der Waals surface area contributed by atoms with Crippen molar-refractivity contribution >= 4 is 0 Å². The van der Waals surface area contributed by atoms with E-state index in [2.05, 4.69) is 24.7 Å². The first-order valence-electron chi connectivity index (χ1n) is 5.35. The molecule has 0 fully saturated rings. The average Bonchev–Trinajstić information content (AvgIpc) is 2.13. The molecule has 0 atom stereocenters. The molecule has 0 aliphatic heterocycles. The third-order valence-electron chi connectivity index (χ3n) is 2.03. The maximum Gasteiger partial charge on any atom is 0.0589 e. The van der Waals surface area contributed by atoms with Crippen LogP contribution in [-0.4, -0.2) is 38.3 Å². The van der Waals surface area contributed by atoms with Crippen LogP contribution in [0.2, 0.25) is 0 Å². The van der Waals surface area contributed by atoms with Crippen molar-refractivity contribution in [2.75, 3.05) is 33.4 Å². The van der Waals surface area contributed by atoms with Crippen LogP contribution in [0.4, 0.5) is 0 Å². The summed E-state index contributed by atoms with van der Waals surface area (Å²) in [4.78, 5) is 2.42. The average molecular weight is 197 g/mol. The van der Waals surface area contributed by atoms with Gasteiger partial charge in [-0.15, -0.1) is 12.3 Å². The summed E-state index contributed by atoms with van der Waals surface area (Å²) in [7, 11) is 1.75. The molecule has 0 N–H and O–H groups in total. The van der Waals surface area contributed by atoms with Crippen molar-refractivity contribution in [3.63, 3.8) is 0 Å². The summed E-state index contributed by atoms with van der Waals surface area (Å²) in [5.41, 5.74) is 0. The summed E-state index contributed by atoms with van der Waals surface area (Å²) in [6, 6.07) is 0. The summed E-state index contributed by atoms with van der Waals surface area (Å²) < 4.78 is 5.08. The van der Waals surface area contributed by atoms with Crippen molar-refractivity contribution in [1.82, 2.24) is 4.90 Å². The molecular formula is C12H23NO. The van der Waals surface area contributed by atoms with Crippen LogP contribution in [0.3, 0.4) is 0 Å². The van der Waals surface area contributed by atoms with E-state index in [1.165, 1.54) is 0 Å². The van der Waals surface area contributed by atoms with Gasteiger partial charge in [-0.3, -0.25) is 0 Å². The Morgan fingerprint density at radius 2 is 2.07 bits per heavy atom. The molecular weight excluding hydrogens is 174 g/mol. The van der Waals surface area contributed by atoms with E-state index < -0.39 is 0 Å². The normalized spacial score (nSPS) is 10.9. The third kappa shape index (κ3) is 8.10. The molecule has 0 unspecified atom stereocenters. The Bertz CT molecular complexity index is 160. The molecule has 82 valence electrons. The number of methoxy groups -OCH3 is 1. The summed E-state index contributed by atoms with van der Waals surface area (Å²) in [6.07, 6.45) is 7.19. The Kier molecular flexibility index (Phi) is 8.72. The summed E-state index contributed by atoms with van der Waals surface area (Å²) in [5, 5.41) is 0. The van der Waals surface area contributed by atoms with Crippen LogP contribution in [0.25, 0.3) is 0 Å². The van der Waals surface area contributed by atoms with Crippen molar-refractivity contribution in [1.29, 1.82) is 0 Å². The topological polar surface area (TPSA) is 12.5 Å². The fraction of sp³-hybridized carbons (Fsp3) is 0.833. The van der Waals surface area contributed by atoms with Gasteiger partial charge in [-0.25, -0.2) is 0 Å². The number of rotatable bonds is 8. The fourth-order valence-corrected chi connectivity index (χ4v) is 1.44. The standard InChI is InChI=1S/C12H23NO/c1-5-6-7-8-13(9-10-14-4)11-12(2)3/h1,12H,6-11H2,2-4H3. The monoisotopic (exact) mass is 197 g/mol. The Morgan fingerprint density at radius 1 is 1.36 bits per heavy atom. The number of ether oxygens (including phenoxy) is 1. The Balaban J connectivity index is 3.67. The minimum absolute atomic E-state index is 0.706. The first kappa shape index (κ1) is 13.5. The minimum Gasteiger partial charge on any atom is -0.383 e. The van der Waals surface area contributed by atoms with Gasteiger partial charge in [-0.1, -0.05) is 13.8 Å². The highest BCUT2D eigenvalue weighted by atomic mass is 16.5. The van der Waals surface area contributed by atoms with Gasteiger partial charge in [0.25, 0.3) is 0 Å². The van der Waals surface area contributed by atoms with E-state index >= 15 is 0 Å². The molecule has 0 radical (unpaired) electrons. The van der Waals surface area contributed by atoms with Crippen molar-refractivity contribution in [2.45, 2.75) is 26.7 Å². The molecule has 0 heterocycles. The molecule has 0 aliphatic rings. The molecule has 14 heavy (non-hydrogen) atoms. The van der Waals surface area contributed by atoms with E-state index in [4.69, 9.17) is 11.2 Å². The van der Waals surface area contributed by atoms with Crippen LogP contribution in [0.1, 0.15) is 26.7 Å². The van der Waals surface area contributed by atoms with Crippen molar-refractivity contribution in [2.24, 2.45) is 5.92 Å². The second kappa shape index (κ2) is 9.05. The molecule has 0 aromatic heterocycles. The molecule has 2 heteroatoms. The quantitative estimate of drug-likeness (QED) is 0.436. The first-order valence-corrected chi connectivity index (χ1v) is 5.35. The SMILES string of the molecule is C#CCCCN(CCOC)CC(C)C. The van der Waals surface area contributed by atoms with Gasteiger partial charge in [0.15, 0.2) is 0 Å². The van der Waals surface area contributed by atoms with Crippen LogP contribution >= 0.6 is 0 Å². The molecule has 0 aliphatic carbocycles. The number of hydrogen-bond donors (Lipinski definition) is 0. The summed E-state index contributed by atoms with van der Waals surface area (Å²) in [6.45, 7) is 8.52. The second-order valence-electron chi connectivity index (χ2n) is 3.99. The molecule has 0 aromatic rings. The lowest BCUT2D eigenvalue weighted by Gasteiger charge is -2.23. The van der Waals surface area contributed by atoms with Crippen molar-refractivity contribution < 1.29 is 4.74 Å². The first-order chi connectivity index (χ1) is 6.70.